The van der Waals surface area contributed by atoms with E-state index >= 15 is 0 Å². The number of piperidine rings is 1. The molecule has 0 spiro atoms. The van der Waals surface area contributed by atoms with E-state index in [1.807, 2.05) is 17.0 Å². The monoisotopic (exact) mass is 299 g/mol. The standard InChI is InChI=1S/C16H17N3O3/c20-16(15-5-7-18-22-15)19-11-3-4-12(19)9-14(8-11)21-13-2-1-6-17-10-13/h1-2,5-7,10-12,14H,3-4,8-9H2. The number of hydrogen-bond acceptors (Lipinski definition) is 5. The average Bonchev–Trinajstić information content (AvgIpc) is 3.15. The Hall–Kier alpha value is -2.37. The van der Waals surface area contributed by atoms with E-state index in [2.05, 4.69) is 10.1 Å². The maximum absolute atomic E-state index is 12.5. The van der Waals surface area contributed by atoms with Gasteiger partial charge in [0.2, 0.25) is 5.76 Å². The third-order valence-electron chi connectivity index (χ3n) is 4.51. The van der Waals surface area contributed by atoms with Crippen LogP contribution in [0.15, 0.2) is 41.3 Å². The Morgan fingerprint density at radius 2 is 2.05 bits per heavy atom. The summed E-state index contributed by atoms with van der Waals surface area (Å²) in [5.41, 5.74) is 0. The van der Waals surface area contributed by atoms with E-state index in [1.165, 1.54) is 6.20 Å². The van der Waals surface area contributed by atoms with Crippen molar-refractivity contribution in [2.75, 3.05) is 0 Å². The van der Waals surface area contributed by atoms with Crippen LogP contribution < -0.4 is 4.74 Å². The Bertz CT molecular complexity index is 630. The molecular formula is C16H17N3O3. The fourth-order valence-electron chi connectivity index (χ4n) is 3.62. The van der Waals surface area contributed by atoms with Gasteiger partial charge in [-0.15, -0.1) is 0 Å². The number of ether oxygens (including phenoxy) is 1. The minimum absolute atomic E-state index is 0.0511. The molecule has 0 aromatic carbocycles. The van der Waals surface area contributed by atoms with E-state index in [1.54, 1.807) is 18.5 Å². The molecule has 1 amide bonds. The number of carbonyl (C=O) groups excluding carboxylic acids is 1. The van der Waals surface area contributed by atoms with Crippen molar-refractivity contribution in [2.24, 2.45) is 0 Å². The maximum Gasteiger partial charge on any atom is 0.292 e. The van der Waals surface area contributed by atoms with Gasteiger partial charge in [-0.25, -0.2) is 0 Å². The zero-order valence-electron chi connectivity index (χ0n) is 12.1. The second-order valence-corrected chi connectivity index (χ2v) is 5.87. The first-order chi connectivity index (χ1) is 10.8. The molecule has 4 rings (SSSR count). The summed E-state index contributed by atoms with van der Waals surface area (Å²) >= 11 is 0. The summed E-state index contributed by atoms with van der Waals surface area (Å²) in [6, 6.07) is 5.85. The second kappa shape index (κ2) is 5.44. The smallest absolute Gasteiger partial charge is 0.292 e. The minimum Gasteiger partial charge on any atom is -0.489 e. The molecule has 2 atom stereocenters. The number of fused-ring (bicyclic) bond motifs is 2. The maximum atomic E-state index is 12.5. The molecule has 6 heteroatoms. The van der Waals surface area contributed by atoms with Gasteiger partial charge < -0.3 is 14.2 Å². The number of rotatable bonds is 3. The molecule has 4 heterocycles. The van der Waals surface area contributed by atoms with Crippen LogP contribution in [-0.4, -0.2) is 39.1 Å². The van der Waals surface area contributed by atoms with E-state index in [4.69, 9.17) is 9.26 Å². The lowest BCUT2D eigenvalue weighted by Gasteiger charge is -2.38. The molecule has 2 unspecified atom stereocenters. The zero-order valence-corrected chi connectivity index (χ0v) is 12.1. The largest absolute Gasteiger partial charge is 0.489 e. The molecule has 114 valence electrons. The first kappa shape index (κ1) is 13.3. The SMILES string of the molecule is O=C(c1ccno1)N1C2CCC1CC(Oc1cccnc1)C2. The summed E-state index contributed by atoms with van der Waals surface area (Å²) in [5, 5.41) is 3.63. The summed E-state index contributed by atoms with van der Waals surface area (Å²) in [6.07, 6.45) is 8.86. The third kappa shape index (κ3) is 2.34. The summed E-state index contributed by atoms with van der Waals surface area (Å²) in [6.45, 7) is 0. The van der Waals surface area contributed by atoms with Crippen molar-refractivity contribution < 1.29 is 14.1 Å². The van der Waals surface area contributed by atoms with Crippen LogP contribution in [0.4, 0.5) is 0 Å². The van der Waals surface area contributed by atoms with Crippen molar-refractivity contribution in [3.05, 3.63) is 42.5 Å². The lowest BCUT2D eigenvalue weighted by molar-refractivity contribution is 0.0326. The van der Waals surface area contributed by atoms with Crippen LogP contribution in [0.1, 0.15) is 36.2 Å². The van der Waals surface area contributed by atoms with Crippen LogP contribution in [0.25, 0.3) is 0 Å². The summed E-state index contributed by atoms with van der Waals surface area (Å²) < 4.78 is 11.0. The molecule has 22 heavy (non-hydrogen) atoms. The molecular weight excluding hydrogens is 282 g/mol. The summed E-state index contributed by atoms with van der Waals surface area (Å²) in [5.74, 6) is 1.07. The first-order valence-corrected chi connectivity index (χ1v) is 7.61. The fraction of sp³-hybridized carbons (Fsp3) is 0.438. The molecule has 2 aliphatic heterocycles. The van der Waals surface area contributed by atoms with Crippen LogP contribution >= 0.6 is 0 Å². The summed E-state index contributed by atoms with van der Waals surface area (Å²) in [4.78, 5) is 18.6. The van der Waals surface area contributed by atoms with Crippen molar-refractivity contribution in [1.82, 2.24) is 15.0 Å². The molecule has 0 saturated carbocycles. The van der Waals surface area contributed by atoms with E-state index in [0.717, 1.165) is 31.4 Å². The van der Waals surface area contributed by atoms with Gasteiger partial charge in [0.05, 0.1) is 12.4 Å². The van der Waals surface area contributed by atoms with Gasteiger partial charge in [0.25, 0.3) is 5.91 Å². The molecule has 0 aliphatic carbocycles. The lowest BCUT2D eigenvalue weighted by Crippen LogP contribution is -2.49. The van der Waals surface area contributed by atoms with E-state index in [0.29, 0.717) is 5.76 Å². The van der Waals surface area contributed by atoms with Crippen molar-refractivity contribution in [3.63, 3.8) is 0 Å². The van der Waals surface area contributed by atoms with Crippen molar-refractivity contribution in [2.45, 2.75) is 43.9 Å². The normalized spacial score (nSPS) is 26.9. The third-order valence-corrected chi connectivity index (χ3v) is 4.51. The first-order valence-electron chi connectivity index (χ1n) is 7.61. The highest BCUT2D eigenvalue weighted by atomic mass is 16.5. The molecule has 2 bridgehead atoms. The van der Waals surface area contributed by atoms with E-state index in [-0.39, 0.29) is 24.1 Å². The summed E-state index contributed by atoms with van der Waals surface area (Å²) in [7, 11) is 0. The predicted octanol–water partition coefficient (Wildman–Crippen LogP) is 2.28. The topological polar surface area (TPSA) is 68.5 Å². The Labute approximate surface area is 128 Å². The quantitative estimate of drug-likeness (QED) is 0.869. The second-order valence-electron chi connectivity index (χ2n) is 5.87. The van der Waals surface area contributed by atoms with Crippen molar-refractivity contribution >= 4 is 5.91 Å². The van der Waals surface area contributed by atoms with Crippen LogP contribution in [0, 0.1) is 0 Å². The Balaban J connectivity index is 1.47. The van der Waals surface area contributed by atoms with Gasteiger partial charge in [-0.3, -0.25) is 9.78 Å². The van der Waals surface area contributed by atoms with Gasteiger partial charge in [-0.1, -0.05) is 5.16 Å². The molecule has 2 aromatic heterocycles. The molecule has 0 radical (unpaired) electrons. The van der Waals surface area contributed by atoms with Gasteiger partial charge in [-0.05, 0) is 25.0 Å². The number of nitrogens with zero attached hydrogens (tertiary/aromatic N) is 3. The number of hydrogen-bond donors (Lipinski definition) is 0. The number of aromatic nitrogens is 2. The molecule has 2 aliphatic rings. The number of pyridine rings is 1. The Morgan fingerprint density at radius 1 is 1.23 bits per heavy atom. The van der Waals surface area contributed by atoms with Crippen LogP contribution in [-0.2, 0) is 0 Å². The molecule has 2 aromatic rings. The van der Waals surface area contributed by atoms with Gasteiger partial charge in [-0.2, -0.15) is 0 Å². The Kier molecular flexibility index (Phi) is 3.29. The highest BCUT2D eigenvalue weighted by Gasteiger charge is 2.45. The van der Waals surface area contributed by atoms with Crippen LogP contribution in [0.5, 0.6) is 5.75 Å². The van der Waals surface area contributed by atoms with Gasteiger partial charge in [0, 0.05) is 37.2 Å². The highest BCUT2D eigenvalue weighted by molar-refractivity contribution is 5.92. The van der Waals surface area contributed by atoms with Crippen molar-refractivity contribution in [1.29, 1.82) is 0 Å². The van der Waals surface area contributed by atoms with Gasteiger partial charge >= 0.3 is 0 Å². The Morgan fingerprint density at radius 3 is 2.68 bits per heavy atom. The van der Waals surface area contributed by atoms with E-state index in [9.17, 15) is 4.79 Å². The molecule has 0 N–H and O–H groups in total. The predicted molar refractivity (Wildman–Crippen MR) is 77.4 cm³/mol. The van der Waals surface area contributed by atoms with Crippen LogP contribution in [0.2, 0.25) is 0 Å². The molecule has 2 fully saturated rings. The van der Waals surface area contributed by atoms with Crippen molar-refractivity contribution in [3.8, 4) is 5.75 Å². The molecule has 6 nitrogen and oxygen atoms in total. The highest BCUT2D eigenvalue weighted by Crippen LogP contribution is 2.38. The van der Waals surface area contributed by atoms with Crippen LogP contribution in [0.3, 0.4) is 0 Å². The average molecular weight is 299 g/mol. The fourth-order valence-corrected chi connectivity index (χ4v) is 3.62. The minimum atomic E-state index is -0.0511. The van der Waals surface area contributed by atoms with Gasteiger partial charge in [0.15, 0.2) is 0 Å². The molecule has 2 saturated heterocycles. The van der Waals surface area contributed by atoms with E-state index < -0.39 is 0 Å². The lowest BCUT2D eigenvalue weighted by atomic mass is 9.99. The zero-order chi connectivity index (χ0) is 14.9. The van der Waals surface area contributed by atoms with Gasteiger partial charge in [0.1, 0.15) is 11.9 Å². The number of carbonyl (C=O) groups is 1. The number of amides is 1.